The van der Waals surface area contributed by atoms with Gasteiger partial charge in [0.2, 0.25) is 5.82 Å². The summed E-state index contributed by atoms with van der Waals surface area (Å²) in [7, 11) is 0. The first kappa shape index (κ1) is 15.8. The molecule has 0 unspecified atom stereocenters. The average Bonchev–Trinajstić information content (AvgIpc) is 3.26. The normalized spacial score (nSPS) is 11.6. The van der Waals surface area contributed by atoms with Crippen LogP contribution in [0, 0.1) is 6.92 Å². The van der Waals surface area contributed by atoms with E-state index in [0.717, 1.165) is 10.9 Å². The van der Waals surface area contributed by atoms with Crippen LogP contribution in [0.5, 0.6) is 0 Å². The largest absolute Gasteiger partial charge is 0.451 e. The van der Waals surface area contributed by atoms with E-state index >= 15 is 0 Å². The van der Waals surface area contributed by atoms with Crippen LogP contribution in [0.1, 0.15) is 17.4 Å². The Labute approximate surface area is 147 Å². The zero-order valence-corrected chi connectivity index (χ0v) is 13.9. The van der Waals surface area contributed by atoms with Crippen molar-refractivity contribution in [1.29, 1.82) is 0 Å². The zero-order chi connectivity index (χ0) is 17.6. The molecule has 0 aliphatic heterocycles. The Hall–Kier alpha value is -2.67. The number of aryl methyl sites for hydroxylation is 1. The molecule has 4 rings (SSSR count). The molecule has 2 N–H and O–H groups in total. The van der Waals surface area contributed by atoms with E-state index < -0.39 is 6.29 Å². The van der Waals surface area contributed by atoms with Crippen LogP contribution >= 0.6 is 11.6 Å². The van der Waals surface area contributed by atoms with Crippen molar-refractivity contribution in [3.63, 3.8) is 0 Å². The molecule has 7 heteroatoms. The lowest BCUT2D eigenvalue weighted by atomic mass is 10.1. The summed E-state index contributed by atoms with van der Waals surface area (Å²) in [6, 6.07) is 12.0. The highest BCUT2D eigenvalue weighted by atomic mass is 35.5. The number of hydrogen-bond donors (Lipinski definition) is 2. The van der Waals surface area contributed by atoms with E-state index in [9.17, 15) is 0 Å². The summed E-state index contributed by atoms with van der Waals surface area (Å²) in [5.74, 6) is 1.05. The second-order valence-corrected chi connectivity index (χ2v) is 6.04. The van der Waals surface area contributed by atoms with E-state index in [1.807, 2.05) is 19.1 Å². The van der Waals surface area contributed by atoms with Crippen LogP contribution < -0.4 is 0 Å². The molecule has 0 saturated carbocycles. The number of furan rings is 1. The van der Waals surface area contributed by atoms with Gasteiger partial charge < -0.3 is 19.2 Å². The van der Waals surface area contributed by atoms with Gasteiger partial charge in [0.1, 0.15) is 5.58 Å². The smallest absolute Gasteiger partial charge is 0.293 e. The molecular weight excluding hydrogens is 344 g/mol. The molecule has 6 nitrogen and oxygen atoms in total. The Morgan fingerprint density at radius 3 is 2.52 bits per heavy atom. The van der Waals surface area contributed by atoms with Gasteiger partial charge in [-0.05, 0) is 24.6 Å². The third-order valence-electron chi connectivity index (χ3n) is 3.93. The van der Waals surface area contributed by atoms with E-state index in [0.29, 0.717) is 33.3 Å². The van der Waals surface area contributed by atoms with Crippen molar-refractivity contribution < 1.29 is 19.2 Å². The Balaban J connectivity index is 1.72. The predicted molar refractivity (Wildman–Crippen MR) is 91.9 cm³/mol. The van der Waals surface area contributed by atoms with Gasteiger partial charge in [0, 0.05) is 16.5 Å². The number of aliphatic hydroxyl groups excluding tert-OH is 1. The van der Waals surface area contributed by atoms with Crippen LogP contribution in [0.25, 0.3) is 34.0 Å². The molecule has 0 bridgehead atoms. The lowest BCUT2D eigenvalue weighted by Gasteiger charge is -2.02. The highest BCUT2D eigenvalue weighted by Crippen LogP contribution is 2.34. The van der Waals surface area contributed by atoms with E-state index in [4.69, 9.17) is 30.8 Å². The van der Waals surface area contributed by atoms with Crippen LogP contribution in [-0.2, 0) is 0 Å². The van der Waals surface area contributed by atoms with Gasteiger partial charge in [0.15, 0.2) is 12.1 Å². The predicted octanol–water partition coefficient (Wildman–Crippen LogP) is 4.09. The topological polar surface area (TPSA) is 92.5 Å². The third-order valence-corrected chi connectivity index (χ3v) is 4.26. The SMILES string of the molecule is Cc1ccc(Cl)c2cc(-c3nc(-c4ccc(C(O)O)cc4)no3)oc12. The van der Waals surface area contributed by atoms with Gasteiger partial charge in [0.25, 0.3) is 5.89 Å². The van der Waals surface area contributed by atoms with Crippen molar-refractivity contribution in [2.45, 2.75) is 13.2 Å². The standard InChI is InChI=1S/C18H13ClN2O4/c1-9-2-7-13(19)12-8-14(24-15(9)12)17-20-16(21-25-17)10-3-5-11(6-4-10)18(22)23/h2-8,18,22-23H,1H3. The maximum Gasteiger partial charge on any atom is 0.293 e. The minimum absolute atomic E-state index is 0.243. The summed E-state index contributed by atoms with van der Waals surface area (Å²) < 4.78 is 11.1. The molecule has 0 spiro atoms. The fraction of sp³-hybridized carbons (Fsp3) is 0.111. The second kappa shape index (κ2) is 6.00. The summed E-state index contributed by atoms with van der Waals surface area (Å²) in [5.41, 5.74) is 2.71. The van der Waals surface area contributed by atoms with Crippen molar-refractivity contribution in [2.24, 2.45) is 0 Å². The number of hydrogen-bond acceptors (Lipinski definition) is 6. The van der Waals surface area contributed by atoms with E-state index in [1.54, 1.807) is 30.3 Å². The van der Waals surface area contributed by atoms with Gasteiger partial charge in [-0.2, -0.15) is 4.98 Å². The molecule has 2 aromatic carbocycles. The number of rotatable bonds is 3. The fourth-order valence-corrected chi connectivity index (χ4v) is 2.78. The quantitative estimate of drug-likeness (QED) is 0.537. The molecule has 0 atom stereocenters. The molecule has 25 heavy (non-hydrogen) atoms. The molecule has 0 aliphatic carbocycles. The highest BCUT2D eigenvalue weighted by molar-refractivity contribution is 6.35. The lowest BCUT2D eigenvalue weighted by molar-refractivity contribution is -0.0424. The lowest BCUT2D eigenvalue weighted by Crippen LogP contribution is -1.94. The van der Waals surface area contributed by atoms with Gasteiger partial charge in [-0.25, -0.2) is 0 Å². The van der Waals surface area contributed by atoms with Gasteiger partial charge >= 0.3 is 0 Å². The van der Waals surface area contributed by atoms with Crippen LogP contribution in [0.3, 0.4) is 0 Å². The van der Waals surface area contributed by atoms with Crippen molar-refractivity contribution >= 4 is 22.6 Å². The van der Waals surface area contributed by atoms with E-state index in [2.05, 4.69) is 10.1 Å². The molecule has 2 heterocycles. The minimum Gasteiger partial charge on any atom is -0.451 e. The first-order chi connectivity index (χ1) is 12.0. The van der Waals surface area contributed by atoms with Crippen molar-refractivity contribution in [1.82, 2.24) is 10.1 Å². The first-order valence-electron chi connectivity index (χ1n) is 7.52. The molecule has 0 saturated heterocycles. The number of aromatic nitrogens is 2. The Morgan fingerprint density at radius 2 is 1.84 bits per heavy atom. The van der Waals surface area contributed by atoms with Gasteiger partial charge in [-0.1, -0.05) is 47.1 Å². The van der Waals surface area contributed by atoms with Crippen molar-refractivity contribution in [3.05, 3.63) is 58.6 Å². The molecule has 0 fully saturated rings. The molecule has 126 valence electrons. The van der Waals surface area contributed by atoms with Crippen molar-refractivity contribution in [2.75, 3.05) is 0 Å². The molecule has 0 amide bonds. The average molecular weight is 357 g/mol. The van der Waals surface area contributed by atoms with Crippen LogP contribution in [0.2, 0.25) is 5.02 Å². The van der Waals surface area contributed by atoms with E-state index in [-0.39, 0.29) is 5.89 Å². The summed E-state index contributed by atoms with van der Waals surface area (Å²) in [6.07, 6.45) is -1.52. The second-order valence-electron chi connectivity index (χ2n) is 5.64. The molecule has 4 aromatic rings. The number of halogens is 1. The Morgan fingerprint density at radius 1 is 1.08 bits per heavy atom. The number of aliphatic hydroxyl groups is 2. The van der Waals surface area contributed by atoms with Crippen molar-refractivity contribution in [3.8, 4) is 23.0 Å². The Bertz CT molecular complexity index is 1010. The molecule has 0 aliphatic rings. The van der Waals surface area contributed by atoms with Crippen LogP contribution in [-0.4, -0.2) is 20.4 Å². The molecule has 2 aromatic heterocycles. The number of benzene rings is 2. The summed E-state index contributed by atoms with van der Waals surface area (Å²) >= 11 is 6.20. The minimum atomic E-state index is -1.52. The third kappa shape index (κ3) is 2.80. The van der Waals surface area contributed by atoms with Crippen LogP contribution in [0.15, 0.2) is 51.4 Å². The van der Waals surface area contributed by atoms with Gasteiger partial charge in [0.05, 0.1) is 5.02 Å². The van der Waals surface area contributed by atoms with Gasteiger partial charge in [-0.15, -0.1) is 0 Å². The highest BCUT2D eigenvalue weighted by Gasteiger charge is 2.17. The fourth-order valence-electron chi connectivity index (χ4n) is 2.58. The number of nitrogens with zero attached hydrogens (tertiary/aromatic N) is 2. The maximum atomic E-state index is 9.13. The summed E-state index contributed by atoms with van der Waals surface area (Å²) in [5, 5.41) is 23.6. The maximum absolute atomic E-state index is 9.13. The van der Waals surface area contributed by atoms with E-state index in [1.165, 1.54) is 0 Å². The zero-order valence-electron chi connectivity index (χ0n) is 13.1. The molecule has 0 radical (unpaired) electrons. The first-order valence-corrected chi connectivity index (χ1v) is 7.90. The number of fused-ring (bicyclic) bond motifs is 1. The van der Waals surface area contributed by atoms with Gasteiger partial charge in [-0.3, -0.25) is 0 Å². The Kier molecular flexibility index (Phi) is 3.80. The summed E-state index contributed by atoms with van der Waals surface area (Å²) in [4.78, 5) is 4.34. The summed E-state index contributed by atoms with van der Waals surface area (Å²) in [6.45, 7) is 1.93. The van der Waals surface area contributed by atoms with Crippen LogP contribution in [0.4, 0.5) is 0 Å². The monoisotopic (exact) mass is 356 g/mol. The molecular formula is C18H13ClN2O4.